The van der Waals surface area contributed by atoms with Gasteiger partial charge in [0.2, 0.25) is 5.78 Å². The lowest BCUT2D eigenvalue weighted by atomic mass is 10.1. The smallest absolute Gasteiger partial charge is 0.205 e. The summed E-state index contributed by atoms with van der Waals surface area (Å²) in [5.74, 6) is 0.0598. The Labute approximate surface area is 161 Å². The molecule has 1 heterocycles. The fraction of sp³-hybridized carbons (Fsp3) is 0.160. The highest BCUT2D eigenvalue weighted by Crippen LogP contribution is 2.15. The fourth-order valence-corrected chi connectivity index (χ4v) is 3.04. The number of hydrogen-bond acceptors (Lipinski definition) is 1. The van der Waals surface area contributed by atoms with Crippen LogP contribution in [0.15, 0.2) is 78.5 Å². The molecule has 0 aliphatic heterocycles. The highest BCUT2D eigenvalue weighted by molar-refractivity contribution is 6.10. The molecule has 0 amide bonds. The van der Waals surface area contributed by atoms with Gasteiger partial charge in [0, 0.05) is 12.7 Å². The van der Waals surface area contributed by atoms with Crippen LogP contribution in [0.3, 0.4) is 0 Å². The second kappa shape index (κ2) is 8.50. The molecule has 0 aliphatic rings. The largest absolute Gasteiger partial charge is 0.341 e. The number of ketones is 1. The van der Waals surface area contributed by atoms with Crippen molar-refractivity contribution in [3.05, 3.63) is 106 Å². The molecule has 0 aliphatic carbocycles. The molecule has 0 saturated carbocycles. The van der Waals surface area contributed by atoms with Crippen LogP contribution in [0.2, 0.25) is 0 Å². The van der Waals surface area contributed by atoms with Crippen LogP contribution in [0.25, 0.3) is 12.2 Å². The Balaban J connectivity index is 1.73. The standard InChI is InChI=1S/C25H25NO/c1-19-11-13-23(14-12-19)18-21(3)25(27)24-10-6-16-26(24)15-5-9-22-8-4-7-20(2)17-22/h4-14,16-18H,15H2,1-3H3/b9-5+,21-18+. The molecule has 0 radical (unpaired) electrons. The Bertz CT molecular complexity index is 987. The van der Waals surface area contributed by atoms with Gasteiger partial charge in [0.15, 0.2) is 0 Å². The minimum absolute atomic E-state index is 0.0598. The van der Waals surface area contributed by atoms with E-state index in [0.717, 1.165) is 11.1 Å². The summed E-state index contributed by atoms with van der Waals surface area (Å²) >= 11 is 0. The number of nitrogens with zero attached hydrogens (tertiary/aromatic N) is 1. The minimum Gasteiger partial charge on any atom is -0.341 e. The molecule has 136 valence electrons. The first-order chi connectivity index (χ1) is 13.0. The van der Waals surface area contributed by atoms with E-state index in [9.17, 15) is 4.79 Å². The van der Waals surface area contributed by atoms with E-state index in [2.05, 4.69) is 62.4 Å². The summed E-state index contributed by atoms with van der Waals surface area (Å²) in [5.41, 5.74) is 6.12. The summed E-state index contributed by atoms with van der Waals surface area (Å²) in [7, 11) is 0. The number of benzene rings is 2. The molecular weight excluding hydrogens is 330 g/mol. The first kappa shape index (κ1) is 18.7. The number of carbonyl (C=O) groups is 1. The van der Waals surface area contributed by atoms with Gasteiger partial charge in [-0.2, -0.15) is 0 Å². The average molecular weight is 355 g/mol. The third-order valence-electron chi connectivity index (χ3n) is 4.54. The predicted molar refractivity (Wildman–Crippen MR) is 114 cm³/mol. The maximum absolute atomic E-state index is 12.9. The van der Waals surface area contributed by atoms with Gasteiger partial charge in [0.1, 0.15) is 0 Å². The van der Waals surface area contributed by atoms with Crippen molar-refractivity contribution >= 4 is 17.9 Å². The SMILES string of the molecule is C/C(=C\c1ccc(C)cc1)C(=O)c1cccn1C/C=C/c1cccc(C)c1. The molecule has 2 heteroatoms. The monoisotopic (exact) mass is 355 g/mol. The quantitative estimate of drug-likeness (QED) is 0.386. The second-order valence-corrected chi connectivity index (χ2v) is 6.93. The van der Waals surface area contributed by atoms with E-state index in [1.54, 1.807) is 0 Å². The zero-order valence-corrected chi connectivity index (χ0v) is 16.1. The zero-order chi connectivity index (χ0) is 19.2. The van der Waals surface area contributed by atoms with E-state index >= 15 is 0 Å². The summed E-state index contributed by atoms with van der Waals surface area (Å²) in [5, 5.41) is 0. The van der Waals surface area contributed by atoms with Gasteiger partial charge in [0.05, 0.1) is 5.69 Å². The number of Topliss-reactive ketones (excluding diaryl/α,β-unsaturated/α-hetero) is 1. The number of allylic oxidation sites excluding steroid dienone is 2. The van der Waals surface area contributed by atoms with Gasteiger partial charge in [-0.15, -0.1) is 0 Å². The maximum Gasteiger partial charge on any atom is 0.205 e. The van der Waals surface area contributed by atoms with Gasteiger partial charge < -0.3 is 4.57 Å². The first-order valence-corrected chi connectivity index (χ1v) is 9.21. The van der Waals surface area contributed by atoms with Crippen LogP contribution in [0.4, 0.5) is 0 Å². The van der Waals surface area contributed by atoms with Gasteiger partial charge >= 0.3 is 0 Å². The van der Waals surface area contributed by atoms with E-state index in [4.69, 9.17) is 0 Å². The zero-order valence-electron chi connectivity index (χ0n) is 16.1. The van der Waals surface area contributed by atoms with Gasteiger partial charge in [-0.1, -0.05) is 71.8 Å². The van der Waals surface area contributed by atoms with E-state index < -0.39 is 0 Å². The van der Waals surface area contributed by atoms with Crippen molar-refractivity contribution in [2.24, 2.45) is 0 Å². The second-order valence-electron chi connectivity index (χ2n) is 6.93. The molecule has 3 rings (SSSR count). The summed E-state index contributed by atoms with van der Waals surface area (Å²) in [6, 6.07) is 20.4. The van der Waals surface area contributed by atoms with Gasteiger partial charge in [-0.3, -0.25) is 4.79 Å². The Morgan fingerprint density at radius 1 is 0.926 bits per heavy atom. The number of aryl methyl sites for hydroxylation is 2. The Morgan fingerprint density at radius 3 is 2.44 bits per heavy atom. The molecule has 27 heavy (non-hydrogen) atoms. The van der Waals surface area contributed by atoms with E-state index in [1.807, 2.05) is 48.0 Å². The highest BCUT2D eigenvalue weighted by Gasteiger charge is 2.12. The lowest BCUT2D eigenvalue weighted by molar-refractivity contribution is 0.102. The summed E-state index contributed by atoms with van der Waals surface area (Å²) < 4.78 is 1.99. The molecule has 0 bridgehead atoms. The fourth-order valence-electron chi connectivity index (χ4n) is 3.04. The molecule has 0 spiro atoms. The van der Waals surface area contributed by atoms with E-state index in [-0.39, 0.29) is 5.78 Å². The highest BCUT2D eigenvalue weighted by atomic mass is 16.1. The van der Waals surface area contributed by atoms with Gasteiger partial charge in [-0.05, 0) is 55.7 Å². The number of hydrogen-bond donors (Lipinski definition) is 0. The normalized spacial score (nSPS) is 11.9. The maximum atomic E-state index is 12.9. The molecule has 0 atom stereocenters. The van der Waals surface area contributed by atoms with Crippen molar-refractivity contribution in [1.29, 1.82) is 0 Å². The molecule has 3 aromatic rings. The first-order valence-electron chi connectivity index (χ1n) is 9.21. The van der Waals surface area contributed by atoms with Crippen molar-refractivity contribution in [2.45, 2.75) is 27.3 Å². The number of rotatable bonds is 6. The number of carbonyl (C=O) groups excluding carboxylic acids is 1. The van der Waals surface area contributed by atoms with Crippen LogP contribution in [0, 0.1) is 13.8 Å². The summed E-state index contributed by atoms with van der Waals surface area (Å²) in [4.78, 5) is 12.9. The van der Waals surface area contributed by atoms with Crippen LogP contribution >= 0.6 is 0 Å². The molecule has 2 aromatic carbocycles. The average Bonchev–Trinajstić information content (AvgIpc) is 3.11. The van der Waals surface area contributed by atoms with Crippen LogP contribution in [0.1, 0.15) is 39.7 Å². The molecule has 2 nitrogen and oxygen atoms in total. The minimum atomic E-state index is 0.0598. The predicted octanol–water partition coefficient (Wildman–Crippen LogP) is 6.10. The van der Waals surface area contributed by atoms with Crippen LogP contribution in [0.5, 0.6) is 0 Å². The van der Waals surface area contributed by atoms with Crippen LogP contribution in [-0.4, -0.2) is 10.4 Å². The molecule has 0 N–H and O–H groups in total. The molecule has 0 unspecified atom stereocenters. The Hall–Kier alpha value is -3.13. The van der Waals surface area contributed by atoms with Gasteiger partial charge in [-0.25, -0.2) is 0 Å². The van der Waals surface area contributed by atoms with Crippen molar-refractivity contribution in [3.8, 4) is 0 Å². The third-order valence-corrected chi connectivity index (χ3v) is 4.54. The topological polar surface area (TPSA) is 22.0 Å². The Morgan fingerprint density at radius 2 is 1.70 bits per heavy atom. The molecule has 0 fully saturated rings. The molecule has 0 saturated heterocycles. The van der Waals surface area contributed by atoms with Gasteiger partial charge in [0.25, 0.3) is 0 Å². The third kappa shape index (κ3) is 4.95. The number of aromatic nitrogens is 1. The lowest BCUT2D eigenvalue weighted by Crippen LogP contribution is -2.08. The van der Waals surface area contributed by atoms with E-state index in [0.29, 0.717) is 12.2 Å². The summed E-state index contributed by atoms with van der Waals surface area (Å²) in [6.07, 6.45) is 8.08. The van der Waals surface area contributed by atoms with Crippen molar-refractivity contribution in [2.75, 3.05) is 0 Å². The molecular formula is C25H25NO. The summed E-state index contributed by atoms with van der Waals surface area (Å²) in [6.45, 7) is 6.69. The van der Waals surface area contributed by atoms with Crippen molar-refractivity contribution in [3.63, 3.8) is 0 Å². The van der Waals surface area contributed by atoms with Crippen molar-refractivity contribution < 1.29 is 4.79 Å². The molecule has 1 aromatic heterocycles. The Kier molecular flexibility index (Phi) is 5.87. The lowest BCUT2D eigenvalue weighted by Gasteiger charge is -2.07. The van der Waals surface area contributed by atoms with Crippen molar-refractivity contribution in [1.82, 2.24) is 4.57 Å². The van der Waals surface area contributed by atoms with E-state index in [1.165, 1.54) is 16.7 Å². The van der Waals surface area contributed by atoms with Crippen LogP contribution in [-0.2, 0) is 6.54 Å². The van der Waals surface area contributed by atoms with Crippen LogP contribution < -0.4 is 0 Å².